The molecule has 1 aromatic heterocycles. The van der Waals surface area contributed by atoms with Gasteiger partial charge in [0.15, 0.2) is 0 Å². The zero-order valence-electron chi connectivity index (χ0n) is 9.83. The number of hydrogen-bond acceptors (Lipinski definition) is 1. The van der Waals surface area contributed by atoms with Crippen molar-refractivity contribution in [3.8, 4) is 0 Å². The molecule has 0 aliphatic carbocycles. The molecule has 15 heavy (non-hydrogen) atoms. The summed E-state index contributed by atoms with van der Waals surface area (Å²) in [5.41, 5.74) is 2.23. The summed E-state index contributed by atoms with van der Waals surface area (Å²) >= 11 is 0. The summed E-state index contributed by atoms with van der Waals surface area (Å²) in [4.78, 5) is 4.57. The highest BCUT2D eigenvalue weighted by molar-refractivity contribution is 6.88. The Balaban J connectivity index is 2.64. The van der Waals surface area contributed by atoms with E-state index >= 15 is 0 Å². The van der Waals surface area contributed by atoms with Gasteiger partial charge in [-0.3, -0.25) is 4.98 Å². The van der Waals surface area contributed by atoms with Crippen molar-refractivity contribution >= 4 is 24.2 Å². The molecule has 0 fully saturated rings. The van der Waals surface area contributed by atoms with E-state index in [1.807, 2.05) is 6.92 Å². The fraction of sp³-hybridized carbons (Fsp3) is 0.308. The lowest BCUT2D eigenvalue weighted by Crippen LogP contribution is -2.37. The van der Waals surface area contributed by atoms with Gasteiger partial charge in [0.05, 0.1) is 13.6 Å². The van der Waals surface area contributed by atoms with Gasteiger partial charge in [-0.2, -0.15) is 0 Å². The third-order valence-corrected chi connectivity index (χ3v) is 4.74. The molecule has 2 heteroatoms. The first-order valence-electron chi connectivity index (χ1n) is 5.35. The molecule has 0 saturated carbocycles. The molecule has 1 heterocycles. The van der Waals surface area contributed by atoms with Crippen molar-refractivity contribution in [3.05, 3.63) is 36.0 Å². The van der Waals surface area contributed by atoms with Crippen LogP contribution in [0.15, 0.2) is 30.3 Å². The van der Waals surface area contributed by atoms with Gasteiger partial charge in [-0.1, -0.05) is 43.0 Å². The van der Waals surface area contributed by atoms with E-state index in [0.717, 1.165) is 11.2 Å². The van der Waals surface area contributed by atoms with Crippen molar-refractivity contribution < 1.29 is 0 Å². The summed E-state index contributed by atoms with van der Waals surface area (Å²) in [5, 5.41) is 2.72. The fourth-order valence-corrected chi connectivity index (χ4v) is 2.84. The second-order valence-corrected chi connectivity index (χ2v) is 10.2. The number of fused-ring (bicyclic) bond motifs is 1. The summed E-state index contributed by atoms with van der Waals surface area (Å²) in [6, 6.07) is 10.9. The van der Waals surface area contributed by atoms with Crippen LogP contribution in [0.3, 0.4) is 0 Å². The number of aromatic nitrogens is 1. The maximum atomic E-state index is 4.57. The Morgan fingerprint density at radius 3 is 2.33 bits per heavy atom. The van der Waals surface area contributed by atoms with Crippen LogP contribution in [0.5, 0.6) is 0 Å². The van der Waals surface area contributed by atoms with Gasteiger partial charge in [0.2, 0.25) is 0 Å². The van der Waals surface area contributed by atoms with Crippen molar-refractivity contribution in [1.29, 1.82) is 0 Å². The molecular weight excluding hydrogens is 198 g/mol. The van der Waals surface area contributed by atoms with Gasteiger partial charge >= 0.3 is 0 Å². The molecule has 0 aliphatic rings. The minimum Gasteiger partial charge on any atom is -0.253 e. The Morgan fingerprint density at radius 1 is 1.00 bits per heavy atom. The van der Waals surface area contributed by atoms with Gasteiger partial charge in [0, 0.05) is 11.1 Å². The number of aryl methyl sites for hydroxylation is 1. The third-order valence-electron chi connectivity index (χ3n) is 2.70. The number of benzene rings is 1. The van der Waals surface area contributed by atoms with Gasteiger partial charge < -0.3 is 0 Å². The second-order valence-electron chi connectivity index (χ2n) is 5.11. The maximum absolute atomic E-state index is 4.57. The van der Waals surface area contributed by atoms with Crippen LogP contribution in [0.1, 0.15) is 5.69 Å². The first-order valence-corrected chi connectivity index (χ1v) is 8.85. The van der Waals surface area contributed by atoms with Gasteiger partial charge in [-0.15, -0.1) is 0 Å². The molecule has 0 N–H and O–H groups in total. The van der Waals surface area contributed by atoms with Gasteiger partial charge in [0.1, 0.15) is 0 Å². The lowest BCUT2D eigenvalue weighted by atomic mass is 10.2. The lowest BCUT2D eigenvalue weighted by Gasteiger charge is -2.16. The normalized spacial score (nSPS) is 12.0. The van der Waals surface area contributed by atoms with E-state index in [1.165, 1.54) is 10.6 Å². The van der Waals surface area contributed by atoms with E-state index in [-0.39, 0.29) is 0 Å². The average Bonchev–Trinajstić information content (AvgIpc) is 2.15. The largest absolute Gasteiger partial charge is 0.253 e. The molecule has 1 aromatic carbocycles. The summed E-state index contributed by atoms with van der Waals surface area (Å²) in [6.07, 6.45) is 0. The van der Waals surface area contributed by atoms with E-state index in [0.29, 0.717) is 0 Å². The summed E-state index contributed by atoms with van der Waals surface area (Å²) < 4.78 is 0. The van der Waals surface area contributed by atoms with Crippen LogP contribution < -0.4 is 5.19 Å². The van der Waals surface area contributed by atoms with Crippen molar-refractivity contribution in [2.24, 2.45) is 0 Å². The van der Waals surface area contributed by atoms with Crippen molar-refractivity contribution in [2.45, 2.75) is 26.6 Å². The molecule has 78 valence electrons. The Hall–Kier alpha value is -1.15. The number of rotatable bonds is 1. The van der Waals surface area contributed by atoms with Crippen LogP contribution in [0.4, 0.5) is 0 Å². The lowest BCUT2D eigenvalue weighted by molar-refractivity contribution is 1.26. The zero-order chi connectivity index (χ0) is 11.1. The van der Waals surface area contributed by atoms with Crippen molar-refractivity contribution in [1.82, 2.24) is 4.98 Å². The SMILES string of the molecule is Cc1ccc2ccc([Si](C)(C)C)cc2n1. The van der Waals surface area contributed by atoms with E-state index in [2.05, 4.69) is 55.0 Å². The molecule has 0 amide bonds. The fourth-order valence-electron chi connectivity index (χ4n) is 1.69. The van der Waals surface area contributed by atoms with E-state index < -0.39 is 8.07 Å². The van der Waals surface area contributed by atoms with Crippen LogP contribution in [0.2, 0.25) is 19.6 Å². The highest BCUT2D eigenvalue weighted by Gasteiger charge is 2.16. The molecule has 0 unspecified atom stereocenters. The molecule has 0 atom stereocenters. The summed E-state index contributed by atoms with van der Waals surface area (Å²) in [7, 11) is -1.21. The van der Waals surface area contributed by atoms with E-state index in [9.17, 15) is 0 Å². The Bertz CT molecular complexity index is 497. The quantitative estimate of drug-likeness (QED) is 0.666. The Morgan fingerprint density at radius 2 is 1.67 bits per heavy atom. The summed E-state index contributed by atoms with van der Waals surface area (Å²) in [6.45, 7) is 9.14. The number of nitrogens with zero attached hydrogens (tertiary/aromatic N) is 1. The minimum absolute atomic E-state index is 1.09. The predicted molar refractivity (Wildman–Crippen MR) is 69.5 cm³/mol. The molecule has 2 rings (SSSR count). The van der Waals surface area contributed by atoms with Crippen LogP contribution in [0.25, 0.3) is 10.9 Å². The molecule has 1 nitrogen and oxygen atoms in total. The third kappa shape index (κ3) is 2.10. The number of pyridine rings is 1. The van der Waals surface area contributed by atoms with Crippen LogP contribution in [-0.2, 0) is 0 Å². The predicted octanol–water partition coefficient (Wildman–Crippen LogP) is 3.09. The standard InChI is InChI=1S/C13H17NSi/c1-10-5-6-11-7-8-12(15(2,3)4)9-13(11)14-10/h5-9H,1-4H3. The van der Waals surface area contributed by atoms with Gasteiger partial charge in [0.25, 0.3) is 0 Å². The Kier molecular flexibility index (Phi) is 2.39. The molecule has 0 aliphatic heterocycles. The highest BCUT2D eigenvalue weighted by Crippen LogP contribution is 2.13. The van der Waals surface area contributed by atoms with Crippen molar-refractivity contribution in [2.75, 3.05) is 0 Å². The van der Waals surface area contributed by atoms with E-state index in [4.69, 9.17) is 0 Å². The van der Waals surface area contributed by atoms with Gasteiger partial charge in [-0.25, -0.2) is 0 Å². The monoisotopic (exact) mass is 215 g/mol. The van der Waals surface area contributed by atoms with Gasteiger partial charge in [-0.05, 0) is 19.1 Å². The second kappa shape index (κ2) is 3.45. The van der Waals surface area contributed by atoms with Crippen LogP contribution >= 0.6 is 0 Å². The van der Waals surface area contributed by atoms with E-state index in [1.54, 1.807) is 0 Å². The molecule has 2 aromatic rings. The van der Waals surface area contributed by atoms with Crippen LogP contribution in [0, 0.1) is 6.92 Å². The molecule has 0 radical (unpaired) electrons. The topological polar surface area (TPSA) is 12.9 Å². The molecular formula is C13H17NSi. The van der Waals surface area contributed by atoms with Crippen molar-refractivity contribution in [3.63, 3.8) is 0 Å². The first-order chi connectivity index (χ1) is 6.97. The maximum Gasteiger partial charge on any atom is 0.0776 e. The van der Waals surface area contributed by atoms with Crippen LogP contribution in [-0.4, -0.2) is 13.1 Å². The first kappa shape index (κ1) is 10.4. The molecule has 0 bridgehead atoms. The average molecular weight is 215 g/mol. The Labute approximate surface area is 92.2 Å². The molecule has 0 spiro atoms. The zero-order valence-corrected chi connectivity index (χ0v) is 10.8. The molecule has 0 saturated heterocycles. The highest BCUT2D eigenvalue weighted by atomic mass is 28.3. The number of hydrogen-bond donors (Lipinski definition) is 0. The smallest absolute Gasteiger partial charge is 0.0776 e. The summed E-state index contributed by atoms with van der Waals surface area (Å²) in [5.74, 6) is 0. The minimum atomic E-state index is -1.21.